The Morgan fingerprint density at radius 1 is 1.33 bits per heavy atom. The Balaban J connectivity index is 2.53. The smallest absolute Gasteiger partial charge is 0.307 e. The second kappa shape index (κ2) is 2.96. The number of hydrogen-bond donors (Lipinski definition) is 1. The summed E-state index contributed by atoms with van der Waals surface area (Å²) in [6.07, 6.45) is 0.697. The van der Waals surface area contributed by atoms with E-state index in [-0.39, 0.29) is 5.56 Å². The maximum Gasteiger partial charge on any atom is 0.307 e. The van der Waals surface area contributed by atoms with E-state index in [0.29, 0.717) is 25.0 Å². The van der Waals surface area contributed by atoms with Crippen molar-refractivity contribution in [2.24, 2.45) is 0 Å². The fourth-order valence-corrected chi connectivity index (χ4v) is 1.42. The highest BCUT2D eigenvalue weighted by atomic mass is 19.1. The summed E-state index contributed by atoms with van der Waals surface area (Å²) in [7, 11) is 0. The second-order valence-corrected chi connectivity index (χ2v) is 3.57. The minimum Gasteiger partial charge on any atom is -0.385 e. The Labute approximate surface area is 83.3 Å². The van der Waals surface area contributed by atoms with E-state index in [1.807, 2.05) is 0 Å². The van der Waals surface area contributed by atoms with Gasteiger partial charge in [-0.05, 0) is 18.9 Å². The molecule has 0 atom stereocenters. The summed E-state index contributed by atoms with van der Waals surface area (Å²) in [5, 5.41) is 19.8. The lowest BCUT2D eigenvalue weighted by Crippen LogP contribution is -2.09. The maximum absolute atomic E-state index is 13.3. The van der Waals surface area contributed by atoms with E-state index in [2.05, 4.69) is 0 Å². The number of nitro benzene ring substituents is 1. The van der Waals surface area contributed by atoms with Crippen LogP contribution in [0.2, 0.25) is 0 Å². The summed E-state index contributed by atoms with van der Waals surface area (Å²) in [6, 6.07) is 1.20. The van der Waals surface area contributed by atoms with Gasteiger partial charge >= 0.3 is 5.69 Å². The van der Waals surface area contributed by atoms with E-state index in [0.717, 1.165) is 0 Å². The quantitative estimate of drug-likeness (QED) is 0.604. The van der Waals surface area contributed by atoms with Gasteiger partial charge in [0.05, 0.1) is 16.6 Å². The first-order chi connectivity index (χ1) is 6.94. The van der Waals surface area contributed by atoms with Crippen LogP contribution in [0.5, 0.6) is 0 Å². The predicted molar refractivity (Wildman–Crippen MR) is 46.1 cm³/mol. The first kappa shape index (κ1) is 9.97. The maximum atomic E-state index is 13.3. The molecule has 1 aromatic rings. The summed E-state index contributed by atoms with van der Waals surface area (Å²) in [4.78, 5) is 9.29. The van der Waals surface area contributed by atoms with Crippen LogP contribution in [-0.4, -0.2) is 10.0 Å². The van der Waals surface area contributed by atoms with Crippen molar-refractivity contribution in [3.05, 3.63) is 39.4 Å². The minimum absolute atomic E-state index is 0.203. The summed E-state index contributed by atoms with van der Waals surface area (Å²) in [5.74, 6) is -2.07. The third kappa shape index (κ3) is 1.56. The zero-order chi connectivity index (χ0) is 11.2. The number of rotatable bonds is 2. The van der Waals surface area contributed by atoms with Crippen LogP contribution in [0.25, 0.3) is 0 Å². The molecule has 0 heterocycles. The summed E-state index contributed by atoms with van der Waals surface area (Å²) >= 11 is 0. The van der Waals surface area contributed by atoms with E-state index in [9.17, 15) is 24.0 Å². The topological polar surface area (TPSA) is 63.4 Å². The molecule has 1 fully saturated rings. The Kier molecular flexibility index (Phi) is 1.97. The minimum atomic E-state index is -1.33. The standard InChI is InChI=1S/C9H7F2NO3/c10-6-4-8(12(14)15)7(11)3-5(6)9(13)1-2-9/h3-4,13H,1-2H2. The molecule has 4 nitrogen and oxygen atoms in total. The van der Waals surface area contributed by atoms with Gasteiger partial charge in [-0.1, -0.05) is 0 Å². The van der Waals surface area contributed by atoms with Gasteiger partial charge in [0.25, 0.3) is 0 Å². The number of aliphatic hydroxyl groups is 1. The third-order valence-corrected chi connectivity index (χ3v) is 2.46. The Morgan fingerprint density at radius 2 is 1.93 bits per heavy atom. The third-order valence-electron chi connectivity index (χ3n) is 2.46. The van der Waals surface area contributed by atoms with Gasteiger partial charge < -0.3 is 5.11 Å². The first-order valence-electron chi connectivity index (χ1n) is 4.30. The van der Waals surface area contributed by atoms with Gasteiger partial charge in [-0.15, -0.1) is 0 Å². The molecule has 80 valence electrons. The summed E-state index contributed by atoms with van der Waals surface area (Å²) in [5.41, 5.74) is -2.45. The SMILES string of the molecule is O=[N+]([O-])c1cc(F)c(C2(O)CC2)cc1F. The molecule has 0 aliphatic heterocycles. The summed E-state index contributed by atoms with van der Waals surface area (Å²) in [6.45, 7) is 0. The van der Waals surface area contributed by atoms with Gasteiger partial charge in [-0.2, -0.15) is 4.39 Å². The van der Waals surface area contributed by atoms with Crippen molar-refractivity contribution in [2.75, 3.05) is 0 Å². The molecule has 15 heavy (non-hydrogen) atoms. The molecule has 1 N–H and O–H groups in total. The number of nitro groups is 1. The molecular weight excluding hydrogens is 208 g/mol. The molecule has 2 rings (SSSR count). The zero-order valence-electron chi connectivity index (χ0n) is 7.54. The van der Waals surface area contributed by atoms with E-state index in [4.69, 9.17) is 0 Å². The highest BCUT2D eigenvalue weighted by Gasteiger charge is 2.45. The normalized spacial score (nSPS) is 17.5. The molecule has 1 aromatic carbocycles. The fourth-order valence-electron chi connectivity index (χ4n) is 1.42. The van der Waals surface area contributed by atoms with Crippen molar-refractivity contribution in [2.45, 2.75) is 18.4 Å². The van der Waals surface area contributed by atoms with E-state index >= 15 is 0 Å². The van der Waals surface area contributed by atoms with Crippen LogP contribution < -0.4 is 0 Å². The average molecular weight is 215 g/mol. The Hall–Kier alpha value is -1.56. The van der Waals surface area contributed by atoms with Crippen LogP contribution in [0.3, 0.4) is 0 Å². The van der Waals surface area contributed by atoms with Crippen molar-refractivity contribution < 1.29 is 18.8 Å². The lowest BCUT2D eigenvalue weighted by atomic mass is 10.1. The largest absolute Gasteiger partial charge is 0.385 e. The summed E-state index contributed by atoms with van der Waals surface area (Å²) < 4.78 is 26.4. The first-order valence-corrected chi connectivity index (χ1v) is 4.30. The fraction of sp³-hybridized carbons (Fsp3) is 0.333. The predicted octanol–water partition coefficient (Wildman–Crippen LogP) is 1.85. The van der Waals surface area contributed by atoms with Crippen molar-refractivity contribution in [1.82, 2.24) is 0 Å². The highest BCUT2D eigenvalue weighted by Crippen LogP contribution is 2.47. The number of nitrogens with zero attached hydrogens (tertiary/aromatic N) is 1. The average Bonchev–Trinajstić information content (AvgIpc) is 2.88. The lowest BCUT2D eigenvalue weighted by molar-refractivity contribution is -0.387. The van der Waals surface area contributed by atoms with Gasteiger partial charge in [-0.3, -0.25) is 10.1 Å². The molecule has 0 unspecified atom stereocenters. The van der Waals surface area contributed by atoms with Crippen molar-refractivity contribution in [3.8, 4) is 0 Å². The van der Waals surface area contributed by atoms with Gasteiger partial charge in [0.2, 0.25) is 5.82 Å². The molecule has 0 spiro atoms. The molecule has 0 amide bonds. The van der Waals surface area contributed by atoms with Crippen LogP contribution in [0.1, 0.15) is 18.4 Å². The van der Waals surface area contributed by atoms with Crippen LogP contribution in [0, 0.1) is 21.7 Å². The monoisotopic (exact) mass is 215 g/mol. The molecule has 0 saturated heterocycles. The Bertz CT molecular complexity index is 443. The van der Waals surface area contributed by atoms with Crippen LogP contribution in [0.4, 0.5) is 14.5 Å². The van der Waals surface area contributed by atoms with Crippen LogP contribution in [-0.2, 0) is 5.60 Å². The number of halogens is 2. The van der Waals surface area contributed by atoms with E-state index in [1.54, 1.807) is 0 Å². The van der Waals surface area contributed by atoms with Crippen molar-refractivity contribution >= 4 is 5.69 Å². The van der Waals surface area contributed by atoms with E-state index in [1.165, 1.54) is 0 Å². The van der Waals surface area contributed by atoms with Crippen molar-refractivity contribution in [3.63, 3.8) is 0 Å². The lowest BCUT2D eigenvalue weighted by Gasteiger charge is -2.09. The zero-order valence-corrected chi connectivity index (χ0v) is 7.54. The second-order valence-electron chi connectivity index (χ2n) is 3.57. The molecule has 0 radical (unpaired) electrons. The van der Waals surface area contributed by atoms with Crippen LogP contribution >= 0.6 is 0 Å². The number of benzene rings is 1. The molecule has 1 saturated carbocycles. The van der Waals surface area contributed by atoms with Gasteiger partial charge in [-0.25, -0.2) is 4.39 Å². The van der Waals surface area contributed by atoms with Crippen molar-refractivity contribution in [1.29, 1.82) is 0 Å². The molecule has 1 aliphatic rings. The number of hydrogen-bond acceptors (Lipinski definition) is 3. The molecule has 1 aliphatic carbocycles. The van der Waals surface area contributed by atoms with Gasteiger partial charge in [0.1, 0.15) is 5.82 Å². The molecule has 6 heteroatoms. The molecular formula is C9H7F2NO3. The van der Waals surface area contributed by atoms with Crippen LogP contribution in [0.15, 0.2) is 12.1 Å². The Morgan fingerprint density at radius 3 is 2.40 bits per heavy atom. The van der Waals surface area contributed by atoms with E-state index < -0.39 is 27.8 Å². The highest BCUT2D eigenvalue weighted by molar-refractivity contribution is 5.40. The molecule has 0 aromatic heterocycles. The van der Waals surface area contributed by atoms with Gasteiger partial charge in [0, 0.05) is 5.56 Å². The molecule has 0 bridgehead atoms. The van der Waals surface area contributed by atoms with Gasteiger partial charge in [0.15, 0.2) is 0 Å².